The van der Waals surface area contributed by atoms with Gasteiger partial charge in [0.05, 0.1) is 17.8 Å². The van der Waals surface area contributed by atoms with Crippen molar-refractivity contribution >= 4 is 23.1 Å². The molecule has 1 N–H and O–H groups in total. The lowest BCUT2D eigenvalue weighted by Crippen LogP contribution is -2.33. The zero-order valence-electron chi connectivity index (χ0n) is 10.5. The van der Waals surface area contributed by atoms with E-state index in [1.54, 1.807) is 12.4 Å². The minimum atomic E-state index is -0.560. The van der Waals surface area contributed by atoms with Gasteiger partial charge in [-0.3, -0.25) is 9.59 Å². The van der Waals surface area contributed by atoms with Crippen molar-refractivity contribution in [2.45, 2.75) is 13.1 Å². The van der Waals surface area contributed by atoms with E-state index in [-0.39, 0.29) is 0 Å². The molecule has 7 heteroatoms. The van der Waals surface area contributed by atoms with Gasteiger partial charge in [0, 0.05) is 18.8 Å². The van der Waals surface area contributed by atoms with Gasteiger partial charge < -0.3 is 14.8 Å². The fourth-order valence-electron chi connectivity index (χ4n) is 2.62. The number of nitrogens with zero attached hydrogens (tertiary/aromatic N) is 4. The Morgan fingerprint density at radius 2 is 2.10 bits per heavy atom. The Morgan fingerprint density at radius 1 is 1.20 bits per heavy atom. The van der Waals surface area contributed by atoms with Crippen molar-refractivity contribution in [3.8, 4) is 0 Å². The molecule has 0 bridgehead atoms. The maximum absolute atomic E-state index is 11.6. The number of Topliss-reactive ketones (excluding diaryl/α,β-unsaturated/α-hetero) is 1. The molecule has 1 aromatic carbocycles. The lowest BCUT2D eigenvalue weighted by atomic mass is 10.1. The van der Waals surface area contributed by atoms with Crippen LogP contribution in [0.4, 0.5) is 11.4 Å². The first-order valence-corrected chi connectivity index (χ1v) is 6.34. The third-order valence-corrected chi connectivity index (χ3v) is 3.71. The number of hydrogen-bond donors (Lipinski definition) is 1. The zero-order valence-corrected chi connectivity index (χ0v) is 10.5. The number of hydrogen-bond acceptors (Lipinski definition) is 5. The summed E-state index contributed by atoms with van der Waals surface area (Å²) in [4.78, 5) is 25.1. The highest BCUT2D eigenvalue weighted by atomic mass is 16.2. The molecule has 100 valence electrons. The van der Waals surface area contributed by atoms with Crippen LogP contribution >= 0.6 is 0 Å². The monoisotopic (exact) mass is 269 g/mol. The number of anilines is 2. The number of fused-ring (bicyclic) bond motifs is 2. The van der Waals surface area contributed by atoms with Gasteiger partial charge in [-0.25, -0.2) is 0 Å². The summed E-state index contributed by atoms with van der Waals surface area (Å²) in [6.07, 6.45) is 1.73. The Hall–Kier alpha value is -2.70. The van der Waals surface area contributed by atoms with Gasteiger partial charge in [0.15, 0.2) is 5.82 Å². The molecule has 0 fully saturated rings. The van der Waals surface area contributed by atoms with Crippen molar-refractivity contribution in [2.24, 2.45) is 0 Å². The van der Waals surface area contributed by atoms with Crippen molar-refractivity contribution in [1.82, 2.24) is 14.8 Å². The van der Waals surface area contributed by atoms with E-state index in [4.69, 9.17) is 0 Å². The molecule has 0 saturated heterocycles. The Kier molecular flexibility index (Phi) is 2.17. The van der Waals surface area contributed by atoms with E-state index in [0.29, 0.717) is 17.8 Å². The first-order chi connectivity index (χ1) is 9.72. The van der Waals surface area contributed by atoms with E-state index in [0.717, 1.165) is 24.6 Å². The Bertz CT molecular complexity index is 736. The summed E-state index contributed by atoms with van der Waals surface area (Å²) in [6.45, 7) is 2.33. The number of amides is 1. The van der Waals surface area contributed by atoms with Gasteiger partial charge in [0.1, 0.15) is 6.33 Å². The number of carbonyl (C=O) groups excluding carboxylic acids is 2. The van der Waals surface area contributed by atoms with Crippen molar-refractivity contribution in [1.29, 1.82) is 0 Å². The third-order valence-electron chi connectivity index (χ3n) is 3.71. The summed E-state index contributed by atoms with van der Waals surface area (Å²) in [5, 5.41) is 10.6. The van der Waals surface area contributed by atoms with Crippen LogP contribution in [0.5, 0.6) is 0 Å². The molecule has 20 heavy (non-hydrogen) atoms. The van der Waals surface area contributed by atoms with Crippen LogP contribution in [0.15, 0.2) is 24.5 Å². The van der Waals surface area contributed by atoms with Crippen LogP contribution in [-0.4, -0.2) is 33.0 Å². The number of rotatable bonds is 1. The molecule has 0 aliphatic carbocycles. The SMILES string of the molecule is O=C1Nc2cc(N3CCn4cnnc4C3)ccc2C1=O. The molecule has 0 atom stereocenters. The molecular formula is C13H11N5O2. The Morgan fingerprint density at radius 3 is 3.00 bits per heavy atom. The standard InChI is InChI=1S/C13H11N5O2/c19-12-9-2-1-8(5-10(9)15-13(12)20)17-3-4-18-7-14-16-11(18)6-17/h1-2,5,7H,3-4,6H2,(H,15,19,20). The molecule has 2 aromatic rings. The fourth-order valence-corrected chi connectivity index (χ4v) is 2.62. The minimum Gasteiger partial charge on any atom is -0.362 e. The van der Waals surface area contributed by atoms with E-state index in [2.05, 4.69) is 20.4 Å². The quantitative estimate of drug-likeness (QED) is 0.759. The van der Waals surface area contributed by atoms with Gasteiger partial charge in [0.25, 0.3) is 11.7 Å². The van der Waals surface area contributed by atoms with Crippen LogP contribution < -0.4 is 10.2 Å². The highest BCUT2D eigenvalue weighted by Crippen LogP contribution is 2.29. The average Bonchev–Trinajstić information content (AvgIpc) is 3.03. The predicted molar refractivity (Wildman–Crippen MR) is 70.5 cm³/mol. The molecule has 2 aliphatic rings. The second kappa shape index (κ2) is 3.89. The lowest BCUT2D eigenvalue weighted by molar-refractivity contribution is -0.112. The van der Waals surface area contributed by atoms with Crippen LogP contribution in [0.25, 0.3) is 0 Å². The van der Waals surface area contributed by atoms with E-state index < -0.39 is 11.7 Å². The van der Waals surface area contributed by atoms with Crippen molar-refractivity contribution in [3.63, 3.8) is 0 Å². The normalized spacial score (nSPS) is 16.9. The van der Waals surface area contributed by atoms with Gasteiger partial charge in [0.2, 0.25) is 0 Å². The van der Waals surface area contributed by atoms with Gasteiger partial charge >= 0.3 is 0 Å². The van der Waals surface area contributed by atoms with E-state index in [1.165, 1.54) is 0 Å². The first kappa shape index (κ1) is 11.2. The van der Waals surface area contributed by atoms with E-state index in [9.17, 15) is 9.59 Å². The number of carbonyl (C=O) groups is 2. The van der Waals surface area contributed by atoms with E-state index >= 15 is 0 Å². The largest absolute Gasteiger partial charge is 0.362 e. The number of aromatic nitrogens is 3. The highest BCUT2D eigenvalue weighted by molar-refractivity contribution is 6.51. The topological polar surface area (TPSA) is 80.1 Å². The van der Waals surface area contributed by atoms with Crippen molar-refractivity contribution < 1.29 is 9.59 Å². The van der Waals surface area contributed by atoms with Crippen LogP contribution in [0.1, 0.15) is 16.2 Å². The minimum absolute atomic E-state index is 0.443. The second-order valence-corrected chi connectivity index (χ2v) is 4.88. The lowest BCUT2D eigenvalue weighted by Gasteiger charge is -2.29. The molecule has 4 rings (SSSR count). The maximum atomic E-state index is 11.6. The van der Waals surface area contributed by atoms with Crippen LogP contribution in [-0.2, 0) is 17.9 Å². The van der Waals surface area contributed by atoms with Gasteiger partial charge in [-0.15, -0.1) is 10.2 Å². The Labute approximate surface area is 114 Å². The summed E-state index contributed by atoms with van der Waals surface area (Å²) < 4.78 is 2.02. The first-order valence-electron chi connectivity index (χ1n) is 6.34. The molecule has 0 spiro atoms. The zero-order chi connectivity index (χ0) is 13.7. The molecule has 2 aliphatic heterocycles. The van der Waals surface area contributed by atoms with Crippen LogP contribution in [0.2, 0.25) is 0 Å². The van der Waals surface area contributed by atoms with Crippen LogP contribution in [0, 0.1) is 0 Å². The molecule has 7 nitrogen and oxygen atoms in total. The van der Waals surface area contributed by atoms with Gasteiger partial charge in [-0.2, -0.15) is 0 Å². The highest BCUT2D eigenvalue weighted by Gasteiger charge is 2.28. The molecule has 1 amide bonds. The number of benzene rings is 1. The van der Waals surface area contributed by atoms with Gasteiger partial charge in [-0.1, -0.05) is 0 Å². The fraction of sp³-hybridized carbons (Fsp3) is 0.231. The smallest absolute Gasteiger partial charge is 0.296 e. The molecule has 0 saturated carbocycles. The molecule has 1 aromatic heterocycles. The molecule has 0 radical (unpaired) electrons. The Balaban J connectivity index is 1.67. The molecular weight excluding hydrogens is 258 g/mol. The number of nitrogens with one attached hydrogen (secondary N) is 1. The summed E-state index contributed by atoms with van der Waals surface area (Å²) >= 11 is 0. The summed E-state index contributed by atoms with van der Waals surface area (Å²) in [5.74, 6) is -0.114. The molecule has 3 heterocycles. The van der Waals surface area contributed by atoms with E-state index in [1.807, 2.05) is 16.7 Å². The average molecular weight is 269 g/mol. The van der Waals surface area contributed by atoms with Crippen molar-refractivity contribution in [2.75, 3.05) is 16.8 Å². The summed E-state index contributed by atoms with van der Waals surface area (Å²) in [5.41, 5.74) is 2.00. The third kappa shape index (κ3) is 1.52. The summed E-state index contributed by atoms with van der Waals surface area (Å²) in [6, 6.07) is 5.40. The predicted octanol–water partition coefficient (Wildman–Crippen LogP) is 0.433. The second-order valence-electron chi connectivity index (χ2n) is 4.88. The summed E-state index contributed by atoms with van der Waals surface area (Å²) in [7, 11) is 0. The van der Waals surface area contributed by atoms with Gasteiger partial charge in [-0.05, 0) is 18.2 Å². The number of ketones is 1. The van der Waals surface area contributed by atoms with Crippen molar-refractivity contribution in [3.05, 3.63) is 35.9 Å². The maximum Gasteiger partial charge on any atom is 0.296 e. The van der Waals surface area contributed by atoms with Crippen LogP contribution in [0.3, 0.4) is 0 Å². The molecule has 0 unspecified atom stereocenters.